The van der Waals surface area contributed by atoms with Gasteiger partial charge < -0.3 is 19.9 Å². The Morgan fingerprint density at radius 3 is 2.57 bits per heavy atom. The molecule has 4 heterocycles. The number of imide groups is 1. The summed E-state index contributed by atoms with van der Waals surface area (Å²) in [5.41, 5.74) is 3.50. The molecule has 6 rings (SSSR count). The molecule has 1 unspecified atom stereocenters. The number of ether oxygens (including phenoxy) is 1. The minimum atomic E-state index is -0.481. The van der Waals surface area contributed by atoms with Crippen LogP contribution in [0, 0.1) is 0 Å². The highest BCUT2D eigenvalue weighted by molar-refractivity contribution is 6.37. The number of anilines is 2. The van der Waals surface area contributed by atoms with E-state index in [4.69, 9.17) is 14.7 Å². The SMILES string of the molecule is COC(=O)c1cccc2c1NCC2C1=C(c2nc(N3CCN(C)CC3)nc3ccccc23)C(=O)NC1=O. The molecule has 3 aliphatic rings. The molecule has 1 saturated heterocycles. The smallest absolute Gasteiger partial charge is 0.339 e. The van der Waals surface area contributed by atoms with Crippen molar-refractivity contribution in [2.24, 2.45) is 0 Å². The number of likely N-dealkylation sites (N-methyl/N-ethyl adjacent to an activating group) is 1. The lowest BCUT2D eigenvalue weighted by Gasteiger charge is -2.32. The van der Waals surface area contributed by atoms with Gasteiger partial charge >= 0.3 is 5.97 Å². The van der Waals surface area contributed by atoms with Gasteiger partial charge in [-0.05, 0) is 24.7 Å². The first-order valence-electron chi connectivity index (χ1n) is 12.2. The molecule has 3 aliphatic heterocycles. The summed E-state index contributed by atoms with van der Waals surface area (Å²) >= 11 is 0. The van der Waals surface area contributed by atoms with E-state index in [0.717, 1.165) is 31.7 Å². The van der Waals surface area contributed by atoms with E-state index in [1.165, 1.54) is 7.11 Å². The fraction of sp³-hybridized carbons (Fsp3) is 0.296. The van der Waals surface area contributed by atoms with E-state index in [9.17, 15) is 14.4 Å². The number of amides is 2. The minimum Gasteiger partial charge on any atom is -0.465 e. The van der Waals surface area contributed by atoms with Crippen molar-refractivity contribution in [1.82, 2.24) is 20.2 Å². The minimum absolute atomic E-state index is 0.252. The van der Waals surface area contributed by atoms with E-state index in [2.05, 4.69) is 27.5 Å². The first-order valence-corrected chi connectivity index (χ1v) is 12.2. The summed E-state index contributed by atoms with van der Waals surface area (Å²) in [5.74, 6) is -1.30. The summed E-state index contributed by atoms with van der Waals surface area (Å²) in [7, 11) is 3.41. The van der Waals surface area contributed by atoms with Crippen LogP contribution in [-0.2, 0) is 14.3 Å². The number of hydrogen-bond acceptors (Lipinski definition) is 9. The maximum atomic E-state index is 13.3. The number of piperazine rings is 1. The second-order valence-electron chi connectivity index (χ2n) is 9.45. The van der Waals surface area contributed by atoms with Crippen LogP contribution >= 0.6 is 0 Å². The Hall–Kier alpha value is -4.31. The Balaban J connectivity index is 1.53. The number of carbonyl (C=O) groups is 3. The molecule has 10 nitrogen and oxygen atoms in total. The fourth-order valence-electron chi connectivity index (χ4n) is 5.35. The van der Waals surface area contributed by atoms with Gasteiger partial charge in [-0.3, -0.25) is 14.9 Å². The Bertz CT molecular complexity index is 1490. The van der Waals surface area contributed by atoms with Crippen LogP contribution < -0.4 is 15.5 Å². The summed E-state index contributed by atoms with van der Waals surface area (Å²) in [6.07, 6.45) is 0. The molecule has 10 heteroatoms. The number of esters is 1. The van der Waals surface area contributed by atoms with Crippen molar-refractivity contribution in [3.05, 3.63) is 64.9 Å². The molecule has 0 radical (unpaired) electrons. The molecule has 1 fully saturated rings. The predicted molar refractivity (Wildman–Crippen MR) is 138 cm³/mol. The number of carbonyl (C=O) groups excluding carboxylic acids is 3. The molecule has 0 bridgehead atoms. The molecule has 0 saturated carbocycles. The quantitative estimate of drug-likeness (QED) is 0.410. The van der Waals surface area contributed by atoms with E-state index in [1.807, 2.05) is 30.3 Å². The summed E-state index contributed by atoms with van der Waals surface area (Å²) in [5, 5.41) is 6.44. The third kappa shape index (κ3) is 3.80. The van der Waals surface area contributed by atoms with Crippen LogP contribution in [-0.4, -0.2) is 79.5 Å². The number of benzene rings is 2. The monoisotopic (exact) mass is 498 g/mol. The summed E-state index contributed by atoms with van der Waals surface area (Å²) in [6, 6.07) is 12.8. The number of methoxy groups -OCH3 is 1. The van der Waals surface area contributed by atoms with Crippen LogP contribution in [0.15, 0.2) is 48.0 Å². The normalized spacial score (nSPS) is 19.7. The van der Waals surface area contributed by atoms with Crippen LogP contribution in [0.4, 0.5) is 11.6 Å². The predicted octanol–water partition coefficient (Wildman–Crippen LogP) is 1.79. The maximum Gasteiger partial charge on any atom is 0.339 e. The van der Waals surface area contributed by atoms with Crippen molar-refractivity contribution in [2.75, 3.05) is 57.1 Å². The zero-order chi connectivity index (χ0) is 25.7. The fourth-order valence-corrected chi connectivity index (χ4v) is 5.35. The van der Waals surface area contributed by atoms with Gasteiger partial charge in [0.05, 0.1) is 35.1 Å². The number of hydrogen-bond donors (Lipinski definition) is 2. The Kier molecular flexibility index (Phi) is 5.60. The lowest BCUT2D eigenvalue weighted by molar-refractivity contribution is -0.123. The first-order chi connectivity index (χ1) is 18.0. The molecule has 0 spiro atoms. The number of fused-ring (bicyclic) bond motifs is 2. The van der Waals surface area contributed by atoms with E-state index in [-0.39, 0.29) is 5.57 Å². The van der Waals surface area contributed by atoms with Crippen LogP contribution in [0.3, 0.4) is 0 Å². The maximum absolute atomic E-state index is 13.3. The van der Waals surface area contributed by atoms with Crippen LogP contribution in [0.2, 0.25) is 0 Å². The molecule has 0 aliphatic carbocycles. The molecule has 188 valence electrons. The van der Waals surface area contributed by atoms with Gasteiger partial charge in [0.1, 0.15) is 0 Å². The molecular formula is C27H26N6O4. The van der Waals surface area contributed by atoms with Crippen molar-refractivity contribution in [2.45, 2.75) is 5.92 Å². The standard InChI is InChI=1S/C27H26N6O4/c1-32-10-12-33(13-11-32)27-29-19-9-4-3-6-16(19)23(30-27)21-20(24(34)31-25(21)35)18-14-28-22-15(18)7-5-8-17(22)26(36)37-2/h3-9,18,28H,10-14H2,1-2H3,(H,31,34,35). The van der Waals surface area contributed by atoms with Gasteiger partial charge in [-0.2, -0.15) is 0 Å². The van der Waals surface area contributed by atoms with E-state index in [0.29, 0.717) is 45.9 Å². The number of para-hydroxylation sites is 2. The molecule has 3 aromatic rings. The van der Waals surface area contributed by atoms with Crippen molar-refractivity contribution in [1.29, 1.82) is 0 Å². The van der Waals surface area contributed by atoms with E-state index >= 15 is 0 Å². The second kappa shape index (κ2) is 8.97. The van der Waals surface area contributed by atoms with Gasteiger partial charge in [-0.25, -0.2) is 14.8 Å². The summed E-state index contributed by atoms with van der Waals surface area (Å²) < 4.78 is 4.93. The lowest BCUT2D eigenvalue weighted by Crippen LogP contribution is -2.45. The number of rotatable bonds is 4. The zero-order valence-electron chi connectivity index (χ0n) is 20.6. The Morgan fingerprint density at radius 1 is 1.00 bits per heavy atom. The largest absolute Gasteiger partial charge is 0.465 e. The van der Waals surface area contributed by atoms with Crippen molar-refractivity contribution in [3.63, 3.8) is 0 Å². The average molecular weight is 499 g/mol. The van der Waals surface area contributed by atoms with Gasteiger partial charge in [0, 0.05) is 49.6 Å². The summed E-state index contributed by atoms with van der Waals surface area (Å²) in [4.78, 5) is 52.9. The molecule has 2 N–H and O–H groups in total. The lowest BCUT2D eigenvalue weighted by atomic mass is 9.88. The molecule has 1 atom stereocenters. The molecular weight excluding hydrogens is 472 g/mol. The molecule has 2 aromatic carbocycles. The van der Waals surface area contributed by atoms with Gasteiger partial charge in [-0.15, -0.1) is 0 Å². The van der Waals surface area contributed by atoms with Gasteiger partial charge in [0.25, 0.3) is 11.8 Å². The third-order valence-electron chi connectivity index (χ3n) is 7.29. The highest BCUT2D eigenvalue weighted by Crippen LogP contribution is 2.43. The molecule has 2 amide bonds. The first kappa shape index (κ1) is 23.1. The number of nitrogens with one attached hydrogen (secondary N) is 2. The van der Waals surface area contributed by atoms with Crippen LogP contribution in [0.5, 0.6) is 0 Å². The van der Waals surface area contributed by atoms with Gasteiger partial charge in [-0.1, -0.05) is 30.3 Å². The highest BCUT2D eigenvalue weighted by Gasteiger charge is 2.41. The van der Waals surface area contributed by atoms with Crippen LogP contribution in [0.1, 0.15) is 27.5 Å². The second-order valence-corrected chi connectivity index (χ2v) is 9.45. The van der Waals surface area contributed by atoms with E-state index in [1.54, 1.807) is 12.1 Å². The zero-order valence-corrected chi connectivity index (χ0v) is 20.6. The van der Waals surface area contributed by atoms with Crippen molar-refractivity contribution >= 4 is 45.9 Å². The molecule has 1 aromatic heterocycles. The number of nitrogens with zero attached hydrogens (tertiary/aromatic N) is 4. The van der Waals surface area contributed by atoms with Crippen LogP contribution in [0.25, 0.3) is 16.5 Å². The third-order valence-corrected chi connectivity index (χ3v) is 7.29. The summed E-state index contributed by atoms with van der Waals surface area (Å²) in [6.45, 7) is 3.65. The topological polar surface area (TPSA) is 117 Å². The molecule has 37 heavy (non-hydrogen) atoms. The highest BCUT2D eigenvalue weighted by atomic mass is 16.5. The Morgan fingerprint density at radius 2 is 1.78 bits per heavy atom. The Labute approximate surface area is 213 Å². The van der Waals surface area contributed by atoms with E-state index < -0.39 is 23.7 Å². The van der Waals surface area contributed by atoms with Crippen molar-refractivity contribution < 1.29 is 19.1 Å². The average Bonchev–Trinajstić information content (AvgIpc) is 3.47. The number of aromatic nitrogens is 2. The van der Waals surface area contributed by atoms with Gasteiger partial charge in [0.2, 0.25) is 5.95 Å². The van der Waals surface area contributed by atoms with Gasteiger partial charge in [0.15, 0.2) is 0 Å². The van der Waals surface area contributed by atoms with Crippen molar-refractivity contribution in [3.8, 4) is 0 Å².